The Kier molecular flexibility index (Phi) is 4.76. The fraction of sp³-hybridized carbons (Fsp3) is 0.647. The molecule has 20 heavy (non-hydrogen) atoms. The Labute approximate surface area is 126 Å². The summed E-state index contributed by atoms with van der Waals surface area (Å²) in [7, 11) is 0. The van der Waals surface area contributed by atoms with Crippen LogP contribution in [0.25, 0.3) is 0 Å². The summed E-state index contributed by atoms with van der Waals surface area (Å²) in [6, 6.07) is 4.58. The number of benzene rings is 1. The first-order valence-electron chi connectivity index (χ1n) is 7.48. The van der Waals surface area contributed by atoms with Crippen LogP contribution in [0.15, 0.2) is 18.2 Å². The molecule has 0 bridgehead atoms. The molecule has 1 N–H and O–H groups in total. The molecular weight excluding hydrogens is 275 g/mol. The summed E-state index contributed by atoms with van der Waals surface area (Å²) in [6.07, 6.45) is 3.25. The van der Waals surface area contributed by atoms with Crippen LogP contribution in [0.4, 0.5) is 4.39 Å². The van der Waals surface area contributed by atoms with Crippen molar-refractivity contribution < 1.29 is 9.50 Å². The first-order valence-corrected chi connectivity index (χ1v) is 7.86. The Morgan fingerprint density at radius 1 is 1.40 bits per heavy atom. The van der Waals surface area contributed by atoms with Crippen molar-refractivity contribution in [3.63, 3.8) is 0 Å². The molecule has 2 rings (SSSR count). The molecule has 3 unspecified atom stereocenters. The van der Waals surface area contributed by atoms with Crippen LogP contribution < -0.4 is 0 Å². The summed E-state index contributed by atoms with van der Waals surface area (Å²) in [6.45, 7) is 6.44. The van der Waals surface area contributed by atoms with E-state index in [-0.39, 0.29) is 11.7 Å². The summed E-state index contributed by atoms with van der Waals surface area (Å²) in [5.41, 5.74) is -0.295. The zero-order valence-corrected chi connectivity index (χ0v) is 13.3. The van der Waals surface area contributed by atoms with E-state index in [9.17, 15) is 9.50 Å². The third-order valence-corrected chi connectivity index (χ3v) is 4.91. The fourth-order valence-corrected chi connectivity index (χ4v) is 3.95. The van der Waals surface area contributed by atoms with Gasteiger partial charge in [-0.15, -0.1) is 0 Å². The van der Waals surface area contributed by atoms with E-state index in [1.54, 1.807) is 12.1 Å². The molecule has 0 aromatic heterocycles. The van der Waals surface area contributed by atoms with E-state index in [1.807, 2.05) is 0 Å². The summed E-state index contributed by atoms with van der Waals surface area (Å²) < 4.78 is 14.0. The molecule has 3 heteroatoms. The van der Waals surface area contributed by atoms with Gasteiger partial charge in [0, 0.05) is 11.4 Å². The smallest absolute Gasteiger partial charge is 0.126 e. The van der Waals surface area contributed by atoms with Crippen LogP contribution in [0.1, 0.15) is 45.6 Å². The molecule has 0 radical (unpaired) electrons. The number of aliphatic hydroxyl groups is 1. The molecule has 1 nitrogen and oxygen atoms in total. The highest BCUT2D eigenvalue weighted by molar-refractivity contribution is 6.30. The molecule has 1 aliphatic rings. The van der Waals surface area contributed by atoms with Crippen LogP contribution in [0.5, 0.6) is 0 Å². The van der Waals surface area contributed by atoms with Crippen molar-refractivity contribution in [3.05, 3.63) is 34.6 Å². The van der Waals surface area contributed by atoms with E-state index in [0.29, 0.717) is 28.8 Å². The minimum atomic E-state index is -0.822. The highest BCUT2D eigenvalue weighted by Crippen LogP contribution is 2.43. The minimum Gasteiger partial charge on any atom is -0.389 e. The lowest BCUT2D eigenvalue weighted by Crippen LogP contribution is -2.47. The van der Waals surface area contributed by atoms with Gasteiger partial charge in [0.25, 0.3) is 0 Å². The molecular formula is C17H24ClFO. The average molecular weight is 299 g/mol. The Morgan fingerprint density at radius 2 is 2.10 bits per heavy atom. The van der Waals surface area contributed by atoms with Gasteiger partial charge in [0.2, 0.25) is 0 Å². The fourth-order valence-electron chi connectivity index (χ4n) is 3.76. The molecule has 1 saturated carbocycles. The molecule has 3 atom stereocenters. The SMILES string of the molecule is CC1CCC(C(C)C)C(O)(Cc2cc(Cl)ccc2F)C1. The number of hydrogen-bond acceptors (Lipinski definition) is 1. The molecule has 0 spiro atoms. The van der Waals surface area contributed by atoms with Gasteiger partial charge in [-0.2, -0.15) is 0 Å². The van der Waals surface area contributed by atoms with E-state index >= 15 is 0 Å². The van der Waals surface area contributed by atoms with Crippen molar-refractivity contribution in [3.8, 4) is 0 Å². The van der Waals surface area contributed by atoms with Gasteiger partial charge >= 0.3 is 0 Å². The second-order valence-corrected chi connectivity index (χ2v) is 7.19. The van der Waals surface area contributed by atoms with Crippen LogP contribution in [0.2, 0.25) is 5.02 Å². The lowest BCUT2D eigenvalue weighted by atomic mass is 9.65. The first kappa shape index (κ1) is 15.8. The van der Waals surface area contributed by atoms with Gasteiger partial charge in [-0.1, -0.05) is 38.8 Å². The Hall–Kier alpha value is -0.600. The molecule has 0 saturated heterocycles. The van der Waals surface area contributed by atoms with Gasteiger partial charge in [-0.25, -0.2) is 4.39 Å². The lowest BCUT2D eigenvalue weighted by molar-refractivity contribution is -0.0799. The van der Waals surface area contributed by atoms with E-state index in [0.717, 1.165) is 19.3 Å². The van der Waals surface area contributed by atoms with Gasteiger partial charge in [0.15, 0.2) is 0 Å². The minimum absolute atomic E-state index is 0.220. The topological polar surface area (TPSA) is 20.2 Å². The third-order valence-electron chi connectivity index (χ3n) is 4.67. The van der Waals surface area contributed by atoms with Gasteiger partial charge in [-0.3, -0.25) is 0 Å². The van der Waals surface area contributed by atoms with E-state index < -0.39 is 5.60 Å². The van der Waals surface area contributed by atoms with Crippen LogP contribution in [-0.4, -0.2) is 10.7 Å². The number of hydrogen-bond donors (Lipinski definition) is 1. The van der Waals surface area contributed by atoms with Crippen molar-refractivity contribution >= 4 is 11.6 Å². The molecule has 0 heterocycles. The molecule has 112 valence electrons. The van der Waals surface area contributed by atoms with Gasteiger partial charge < -0.3 is 5.11 Å². The summed E-state index contributed by atoms with van der Waals surface area (Å²) >= 11 is 5.96. The Morgan fingerprint density at radius 3 is 2.75 bits per heavy atom. The molecule has 1 aliphatic carbocycles. The second-order valence-electron chi connectivity index (χ2n) is 6.75. The standard InChI is InChI=1S/C17H24ClFO/c1-11(2)15-6-4-12(3)9-17(15,20)10-13-8-14(18)5-7-16(13)19/h5,7-8,11-12,15,20H,4,6,9-10H2,1-3H3. The van der Waals surface area contributed by atoms with Crippen LogP contribution in [-0.2, 0) is 6.42 Å². The highest BCUT2D eigenvalue weighted by atomic mass is 35.5. The molecule has 0 amide bonds. The maximum absolute atomic E-state index is 14.0. The maximum atomic E-state index is 14.0. The summed E-state index contributed by atoms with van der Waals surface area (Å²) in [4.78, 5) is 0. The predicted octanol–water partition coefficient (Wildman–Crippen LogP) is 4.84. The lowest BCUT2D eigenvalue weighted by Gasteiger charge is -2.45. The summed E-state index contributed by atoms with van der Waals surface area (Å²) in [5, 5.41) is 11.7. The van der Waals surface area contributed by atoms with Crippen LogP contribution in [0.3, 0.4) is 0 Å². The van der Waals surface area contributed by atoms with E-state index in [4.69, 9.17) is 11.6 Å². The van der Waals surface area contributed by atoms with E-state index in [2.05, 4.69) is 20.8 Å². The maximum Gasteiger partial charge on any atom is 0.126 e. The number of rotatable bonds is 3. The van der Waals surface area contributed by atoms with Crippen LogP contribution >= 0.6 is 11.6 Å². The number of halogens is 2. The molecule has 1 fully saturated rings. The first-order chi connectivity index (χ1) is 9.32. The Bertz CT molecular complexity index is 474. The zero-order chi connectivity index (χ0) is 14.9. The van der Waals surface area contributed by atoms with Crippen molar-refractivity contribution in [2.24, 2.45) is 17.8 Å². The van der Waals surface area contributed by atoms with Crippen molar-refractivity contribution in [2.75, 3.05) is 0 Å². The predicted molar refractivity (Wildman–Crippen MR) is 81.4 cm³/mol. The average Bonchev–Trinajstić information content (AvgIpc) is 2.32. The zero-order valence-electron chi connectivity index (χ0n) is 12.5. The highest BCUT2D eigenvalue weighted by Gasteiger charge is 2.43. The van der Waals surface area contributed by atoms with E-state index in [1.165, 1.54) is 6.07 Å². The molecule has 1 aromatic rings. The van der Waals surface area contributed by atoms with Crippen LogP contribution in [0, 0.1) is 23.6 Å². The largest absolute Gasteiger partial charge is 0.389 e. The van der Waals surface area contributed by atoms with Gasteiger partial charge in [0.1, 0.15) is 5.82 Å². The van der Waals surface area contributed by atoms with Gasteiger partial charge in [-0.05, 0) is 54.4 Å². The summed E-state index contributed by atoms with van der Waals surface area (Å²) in [5.74, 6) is 0.827. The van der Waals surface area contributed by atoms with Gasteiger partial charge in [0.05, 0.1) is 5.60 Å². The quantitative estimate of drug-likeness (QED) is 0.846. The normalized spacial score (nSPS) is 30.8. The molecule has 0 aliphatic heterocycles. The third kappa shape index (κ3) is 3.35. The monoisotopic (exact) mass is 298 g/mol. The van der Waals surface area contributed by atoms with Crippen molar-refractivity contribution in [2.45, 2.75) is 52.1 Å². The van der Waals surface area contributed by atoms with Crippen molar-refractivity contribution in [1.29, 1.82) is 0 Å². The second kappa shape index (κ2) is 6.03. The Balaban J connectivity index is 2.28. The van der Waals surface area contributed by atoms with Crippen molar-refractivity contribution in [1.82, 2.24) is 0 Å². The molecule has 1 aromatic carbocycles.